The summed E-state index contributed by atoms with van der Waals surface area (Å²) in [6.45, 7) is 0.897. The second-order valence-electron chi connectivity index (χ2n) is 5.45. The number of nitrogens with zero attached hydrogens (tertiary/aromatic N) is 1. The third kappa shape index (κ3) is 3.20. The number of amides is 2. The zero-order chi connectivity index (χ0) is 14.7. The molecule has 7 nitrogen and oxygen atoms in total. The highest BCUT2D eigenvalue weighted by Crippen LogP contribution is 2.26. The van der Waals surface area contributed by atoms with Crippen molar-refractivity contribution in [3.8, 4) is 0 Å². The quantitative estimate of drug-likeness (QED) is 0.733. The third-order valence-corrected chi connectivity index (χ3v) is 4.12. The highest BCUT2D eigenvalue weighted by molar-refractivity contribution is 5.78. The van der Waals surface area contributed by atoms with E-state index in [1.165, 1.54) is 7.11 Å². The SMILES string of the molecule is COC(=O)C1CCN(C(=O)N[C@H]2CC[C@@H](C(=O)O)C2)C1. The summed E-state index contributed by atoms with van der Waals surface area (Å²) in [7, 11) is 1.34. The van der Waals surface area contributed by atoms with Gasteiger partial charge in [-0.2, -0.15) is 0 Å². The molecule has 0 bridgehead atoms. The summed E-state index contributed by atoms with van der Waals surface area (Å²) in [6, 6.07) is -0.298. The average Bonchev–Trinajstić information content (AvgIpc) is 3.06. The van der Waals surface area contributed by atoms with Gasteiger partial charge in [0.05, 0.1) is 18.9 Å². The van der Waals surface area contributed by atoms with Gasteiger partial charge in [-0.1, -0.05) is 0 Å². The standard InChI is InChI=1S/C13H20N2O5/c1-20-12(18)9-4-5-15(7-9)13(19)14-10-3-2-8(6-10)11(16)17/h8-10H,2-7H2,1H3,(H,14,19)(H,16,17)/t8-,9?,10+/m1/s1. The first-order valence-corrected chi connectivity index (χ1v) is 6.87. The van der Waals surface area contributed by atoms with Gasteiger partial charge >= 0.3 is 18.0 Å². The van der Waals surface area contributed by atoms with Crippen LogP contribution >= 0.6 is 0 Å². The molecule has 0 aromatic heterocycles. The molecule has 0 aromatic carbocycles. The molecule has 2 rings (SSSR count). The Bertz CT molecular complexity index is 412. The number of rotatable bonds is 3. The average molecular weight is 284 g/mol. The Labute approximate surface area is 117 Å². The fourth-order valence-corrected chi connectivity index (χ4v) is 2.91. The summed E-state index contributed by atoms with van der Waals surface area (Å²) < 4.78 is 4.67. The van der Waals surface area contributed by atoms with E-state index >= 15 is 0 Å². The van der Waals surface area contributed by atoms with Crippen molar-refractivity contribution < 1.29 is 24.2 Å². The molecule has 2 aliphatic rings. The lowest BCUT2D eigenvalue weighted by atomic mass is 10.1. The molecule has 1 saturated carbocycles. The maximum Gasteiger partial charge on any atom is 0.317 e. The normalized spacial score (nSPS) is 29.2. The van der Waals surface area contributed by atoms with Crippen molar-refractivity contribution in [2.75, 3.05) is 20.2 Å². The fraction of sp³-hybridized carbons (Fsp3) is 0.769. The van der Waals surface area contributed by atoms with E-state index in [0.29, 0.717) is 38.8 Å². The number of aliphatic carboxylic acids is 1. The van der Waals surface area contributed by atoms with Crippen LogP contribution in [0.3, 0.4) is 0 Å². The van der Waals surface area contributed by atoms with Gasteiger partial charge in [-0.25, -0.2) is 4.79 Å². The molecule has 3 atom stereocenters. The zero-order valence-corrected chi connectivity index (χ0v) is 11.5. The summed E-state index contributed by atoms with van der Waals surface area (Å²) in [5.74, 6) is -1.69. The summed E-state index contributed by atoms with van der Waals surface area (Å²) in [4.78, 5) is 35.9. The number of likely N-dealkylation sites (tertiary alicyclic amines) is 1. The van der Waals surface area contributed by atoms with Crippen molar-refractivity contribution in [2.24, 2.45) is 11.8 Å². The Balaban J connectivity index is 1.79. The molecule has 2 amide bonds. The predicted molar refractivity (Wildman–Crippen MR) is 69.0 cm³/mol. The first-order chi connectivity index (χ1) is 9.51. The van der Waals surface area contributed by atoms with Crippen molar-refractivity contribution in [2.45, 2.75) is 31.7 Å². The number of hydrogen-bond acceptors (Lipinski definition) is 4. The minimum atomic E-state index is -0.798. The molecule has 0 aromatic rings. The molecule has 1 unspecified atom stereocenters. The van der Waals surface area contributed by atoms with Gasteiger partial charge in [-0.15, -0.1) is 0 Å². The van der Waals surface area contributed by atoms with Crippen molar-refractivity contribution >= 4 is 18.0 Å². The number of hydrogen-bond donors (Lipinski definition) is 2. The van der Waals surface area contributed by atoms with Crippen molar-refractivity contribution in [3.05, 3.63) is 0 Å². The van der Waals surface area contributed by atoms with E-state index in [0.717, 1.165) is 0 Å². The predicted octanol–water partition coefficient (Wildman–Crippen LogP) is 0.444. The Morgan fingerprint density at radius 2 is 1.95 bits per heavy atom. The number of nitrogens with one attached hydrogen (secondary N) is 1. The van der Waals surface area contributed by atoms with Crippen molar-refractivity contribution in [3.63, 3.8) is 0 Å². The number of carboxylic acid groups (broad SMARTS) is 1. The molecular weight excluding hydrogens is 264 g/mol. The maximum absolute atomic E-state index is 12.0. The van der Waals surface area contributed by atoms with Crippen LogP contribution in [0.2, 0.25) is 0 Å². The molecule has 1 aliphatic carbocycles. The number of esters is 1. The van der Waals surface area contributed by atoms with Crippen LogP contribution in [0.4, 0.5) is 4.79 Å². The highest BCUT2D eigenvalue weighted by atomic mass is 16.5. The van der Waals surface area contributed by atoms with E-state index in [4.69, 9.17) is 5.11 Å². The molecule has 0 spiro atoms. The summed E-state index contributed by atoms with van der Waals surface area (Å²) in [6.07, 6.45) is 2.39. The van der Waals surface area contributed by atoms with Crippen molar-refractivity contribution in [1.29, 1.82) is 0 Å². The number of urea groups is 1. The Kier molecular flexibility index (Phi) is 4.46. The summed E-state index contributed by atoms with van der Waals surface area (Å²) >= 11 is 0. The topological polar surface area (TPSA) is 95.9 Å². The lowest BCUT2D eigenvalue weighted by Crippen LogP contribution is -2.43. The van der Waals surface area contributed by atoms with Crippen LogP contribution in [-0.4, -0.2) is 54.2 Å². The number of carbonyl (C=O) groups excluding carboxylic acids is 2. The fourth-order valence-electron chi connectivity index (χ4n) is 2.91. The van der Waals surface area contributed by atoms with E-state index in [1.807, 2.05) is 0 Å². The molecule has 1 heterocycles. The van der Waals surface area contributed by atoms with E-state index in [1.54, 1.807) is 4.90 Å². The monoisotopic (exact) mass is 284 g/mol. The Morgan fingerprint density at radius 3 is 2.55 bits per heavy atom. The number of methoxy groups -OCH3 is 1. The minimum Gasteiger partial charge on any atom is -0.481 e. The van der Waals surface area contributed by atoms with Gasteiger partial charge in [0.15, 0.2) is 0 Å². The largest absolute Gasteiger partial charge is 0.481 e. The third-order valence-electron chi connectivity index (χ3n) is 4.12. The Hall–Kier alpha value is -1.79. The van der Waals surface area contributed by atoms with Crippen LogP contribution in [0.1, 0.15) is 25.7 Å². The van der Waals surface area contributed by atoms with E-state index in [2.05, 4.69) is 10.1 Å². The molecule has 112 valence electrons. The van der Waals surface area contributed by atoms with E-state index in [-0.39, 0.29) is 29.9 Å². The minimum absolute atomic E-state index is 0.0826. The molecule has 2 fully saturated rings. The van der Waals surface area contributed by atoms with Crippen LogP contribution in [-0.2, 0) is 14.3 Å². The second-order valence-corrected chi connectivity index (χ2v) is 5.45. The van der Waals surface area contributed by atoms with Gasteiger partial charge in [0.25, 0.3) is 0 Å². The first kappa shape index (κ1) is 14.6. The molecule has 1 saturated heterocycles. The summed E-state index contributed by atoms with van der Waals surface area (Å²) in [5.41, 5.74) is 0. The molecule has 1 aliphatic heterocycles. The van der Waals surface area contributed by atoms with Gasteiger partial charge in [0.1, 0.15) is 0 Å². The summed E-state index contributed by atoms with van der Waals surface area (Å²) in [5, 5.41) is 11.8. The number of carbonyl (C=O) groups is 3. The molecule has 0 radical (unpaired) electrons. The van der Waals surface area contributed by atoms with Gasteiger partial charge in [0.2, 0.25) is 0 Å². The van der Waals surface area contributed by atoms with Gasteiger partial charge in [0, 0.05) is 19.1 Å². The smallest absolute Gasteiger partial charge is 0.317 e. The van der Waals surface area contributed by atoms with E-state index < -0.39 is 5.97 Å². The zero-order valence-electron chi connectivity index (χ0n) is 11.5. The molecule has 7 heteroatoms. The molecule has 2 N–H and O–H groups in total. The first-order valence-electron chi connectivity index (χ1n) is 6.87. The lowest BCUT2D eigenvalue weighted by molar-refractivity contribution is -0.145. The molecular formula is C13H20N2O5. The lowest BCUT2D eigenvalue weighted by Gasteiger charge is -2.20. The van der Waals surface area contributed by atoms with Crippen molar-refractivity contribution in [1.82, 2.24) is 10.2 Å². The maximum atomic E-state index is 12.0. The Morgan fingerprint density at radius 1 is 1.20 bits per heavy atom. The van der Waals surface area contributed by atoms with Crippen LogP contribution in [0, 0.1) is 11.8 Å². The van der Waals surface area contributed by atoms with Crippen LogP contribution < -0.4 is 5.32 Å². The van der Waals surface area contributed by atoms with E-state index in [9.17, 15) is 14.4 Å². The van der Waals surface area contributed by atoms with Crippen LogP contribution in [0.15, 0.2) is 0 Å². The van der Waals surface area contributed by atoms with Gasteiger partial charge < -0.3 is 20.1 Å². The van der Waals surface area contributed by atoms with Crippen LogP contribution in [0.25, 0.3) is 0 Å². The second kappa shape index (κ2) is 6.11. The highest BCUT2D eigenvalue weighted by Gasteiger charge is 2.35. The number of carboxylic acids is 1. The van der Waals surface area contributed by atoms with Crippen LogP contribution in [0.5, 0.6) is 0 Å². The van der Waals surface area contributed by atoms with Gasteiger partial charge in [-0.3, -0.25) is 9.59 Å². The van der Waals surface area contributed by atoms with Gasteiger partial charge in [-0.05, 0) is 25.7 Å². The number of ether oxygens (including phenoxy) is 1. The molecule has 20 heavy (non-hydrogen) atoms.